The fraction of sp³-hybridized carbons (Fsp3) is 0.379. The highest BCUT2D eigenvalue weighted by Gasteiger charge is 2.38. The minimum absolute atomic E-state index is 0.112. The Balaban J connectivity index is 2.13. The number of imidazole rings is 1. The van der Waals surface area contributed by atoms with Crippen molar-refractivity contribution in [1.82, 2.24) is 9.38 Å². The maximum Gasteiger partial charge on any atom is 0.297 e. The summed E-state index contributed by atoms with van der Waals surface area (Å²) in [5.41, 5.74) is 8.91. The molecule has 0 N–H and O–H groups in total. The van der Waals surface area contributed by atoms with Gasteiger partial charge < -0.3 is 0 Å². The zero-order chi connectivity index (χ0) is 23.0. The Morgan fingerprint density at radius 1 is 0.812 bits per heavy atom. The molecule has 5 rings (SSSR count). The molecule has 0 unspecified atom stereocenters. The van der Waals surface area contributed by atoms with Crippen LogP contribution in [0.4, 0.5) is 0 Å². The molecule has 0 fully saturated rings. The number of hydrogen-bond donors (Lipinski definition) is 0. The smallest absolute Gasteiger partial charge is 0.255 e. The molecule has 3 nitrogen and oxygen atoms in total. The number of rotatable bonds is 1. The van der Waals surface area contributed by atoms with E-state index in [9.17, 15) is 0 Å². The van der Waals surface area contributed by atoms with Crippen LogP contribution < -0.4 is 4.57 Å². The molecule has 164 valence electrons. The number of fused-ring (bicyclic) bond motifs is 8. The molecule has 0 radical (unpaired) electrons. The standard InChI is InChI=1S/C29H34N3/c1-18-16-17-30-25-23(18)27-31(8)20-13-9-10-14-21(20)32(27)22-15-11-12-19(24(22)25)26(28(2,3)4)29(5,6)7/h9-17,26H,1-8H3/q+1. The van der Waals surface area contributed by atoms with Gasteiger partial charge in [0.15, 0.2) is 11.0 Å². The number of para-hydroxylation sites is 2. The van der Waals surface area contributed by atoms with Crippen LogP contribution in [-0.4, -0.2) is 9.38 Å². The third-order valence-electron chi connectivity index (χ3n) is 6.99. The van der Waals surface area contributed by atoms with Gasteiger partial charge in [-0.3, -0.25) is 4.98 Å². The van der Waals surface area contributed by atoms with E-state index in [1.54, 1.807) is 0 Å². The van der Waals surface area contributed by atoms with Crippen LogP contribution in [0.2, 0.25) is 0 Å². The van der Waals surface area contributed by atoms with Crippen LogP contribution in [0.3, 0.4) is 0 Å². The molecule has 32 heavy (non-hydrogen) atoms. The van der Waals surface area contributed by atoms with E-state index in [1.807, 2.05) is 6.20 Å². The van der Waals surface area contributed by atoms with E-state index in [0.717, 1.165) is 5.52 Å². The van der Waals surface area contributed by atoms with E-state index < -0.39 is 0 Å². The van der Waals surface area contributed by atoms with Crippen molar-refractivity contribution in [2.45, 2.75) is 54.4 Å². The first-order valence-corrected chi connectivity index (χ1v) is 11.6. The summed E-state index contributed by atoms with van der Waals surface area (Å²) in [6, 6.07) is 17.7. The van der Waals surface area contributed by atoms with Crippen LogP contribution in [0.15, 0.2) is 54.7 Å². The van der Waals surface area contributed by atoms with E-state index in [2.05, 4.69) is 113 Å². The molecule has 0 aliphatic rings. The van der Waals surface area contributed by atoms with Gasteiger partial charge in [0.05, 0.1) is 23.3 Å². The highest BCUT2D eigenvalue weighted by Crippen LogP contribution is 2.50. The summed E-state index contributed by atoms with van der Waals surface area (Å²) < 4.78 is 4.77. The van der Waals surface area contributed by atoms with Gasteiger partial charge in [-0.1, -0.05) is 65.8 Å². The van der Waals surface area contributed by atoms with Crippen molar-refractivity contribution in [2.24, 2.45) is 17.9 Å². The monoisotopic (exact) mass is 424 g/mol. The molecule has 0 spiro atoms. The number of hydrogen-bond acceptors (Lipinski definition) is 1. The van der Waals surface area contributed by atoms with Crippen LogP contribution in [0, 0.1) is 17.8 Å². The summed E-state index contributed by atoms with van der Waals surface area (Å²) in [6.07, 6.45) is 1.97. The van der Waals surface area contributed by atoms with Crippen LogP contribution in [0.5, 0.6) is 0 Å². The van der Waals surface area contributed by atoms with Gasteiger partial charge in [-0.15, -0.1) is 0 Å². The van der Waals surface area contributed by atoms with E-state index >= 15 is 0 Å². The van der Waals surface area contributed by atoms with E-state index in [1.165, 1.54) is 44.1 Å². The first-order valence-electron chi connectivity index (χ1n) is 11.6. The minimum Gasteiger partial charge on any atom is -0.255 e. The van der Waals surface area contributed by atoms with Crippen molar-refractivity contribution < 1.29 is 4.57 Å². The van der Waals surface area contributed by atoms with E-state index in [0.29, 0.717) is 5.92 Å². The highest BCUT2D eigenvalue weighted by molar-refractivity contribution is 6.13. The molecule has 5 aromatic rings. The summed E-state index contributed by atoms with van der Waals surface area (Å²) >= 11 is 0. The second-order valence-electron chi connectivity index (χ2n) is 11.5. The highest BCUT2D eigenvalue weighted by atomic mass is 15.1. The molecule has 0 aliphatic heterocycles. The predicted octanol–water partition coefficient (Wildman–Crippen LogP) is 7.10. The van der Waals surface area contributed by atoms with Crippen molar-refractivity contribution >= 4 is 38.5 Å². The molecule has 0 aliphatic carbocycles. The molecule has 3 aromatic heterocycles. The minimum atomic E-state index is 0.112. The maximum absolute atomic E-state index is 5.01. The maximum atomic E-state index is 5.01. The lowest BCUT2D eigenvalue weighted by atomic mass is 9.63. The zero-order valence-electron chi connectivity index (χ0n) is 20.6. The molecular formula is C29H34N3+. The number of aryl methyl sites for hydroxylation is 2. The first-order chi connectivity index (χ1) is 15.0. The van der Waals surface area contributed by atoms with Crippen molar-refractivity contribution in [1.29, 1.82) is 0 Å². The quantitative estimate of drug-likeness (QED) is 0.208. The lowest BCUT2D eigenvalue weighted by Gasteiger charge is -2.41. The van der Waals surface area contributed by atoms with Gasteiger partial charge in [0.2, 0.25) is 0 Å². The van der Waals surface area contributed by atoms with Gasteiger partial charge in [-0.25, -0.2) is 4.57 Å². The molecule has 0 atom stereocenters. The molecule has 2 aromatic carbocycles. The van der Waals surface area contributed by atoms with E-state index in [4.69, 9.17) is 4.98 Å². The summed E-state index contributed by atoms with van der Waals surface area (Å²) in [6.45, 7) is 16.4. The molecule has 3 heterocycles. The zero-order valence-corrected chi connectivity index (χ0v) is 20.6. The van der Waals surface area contributed by atoms with Gasteiger partial charge in [0.1, 0.15) is 5.52 Å². The van der Waals surface area contributed by atoms with Gasteiger partial charge in [-0.2, -0.15) is 4.40 Å². The van der Waals surface area contributed by atoms with Gasteiger partial charge in [-0.05, 0) is 59.1 Å². The average Bonchev–Trinajstić information content (AvgIpc) is 2.99. The Kier molecular flexibility index (Phi) is 4.43. The number of aromatic nitrogens is 3. The fourth-order valence-electron chi connectivity index (χ4n) is 6.34. The third kappa shape index (κ3) is 2.87. The summed E-state index contributed by atoms with van der Waals surface area (Å²) in [5, 5.41) is 2.53. The number of nitrogens with zero attached hydrogens (tertiary/aromatic N) is 3. The fourth-order valence-corrected chi connectivity index (χ4v) is 6.34. The van der Waals surface area contributed by atoms with Crippen LogP contribution in [0.1, 0.15) is 58.6 Å². The number of benzene rings is 2. The summed E-state index contributed by atoms with van der Waals surface area (Å²) in [7, 11) is 2.17. The molecule has 0 saturated carbocycles. The van der Waals surface area contributed by atoms with Crippen LogP contribution in [-0.2, 0) is 7.05 Å². The Bertz CT molecular complexity index is 1490. The Morgan fingerprint density at radius 2 is 1.47 bits per heavy atom. The molecule has 0 amide bonds. The van der Waals surface area contributed by atoms with Crippen LogP contribution in [0.25, 0.3) is 38.5 Å². The topological polar surface area (TPSA) is 21.2 Å². The van der Waals surface area contributed by atoms with Crippen molar-refractivity contribution in [3.63, 3.8) is 0 Å². The summed E-state index contributed by atoms with van der Waals surface area (Å²) in [4.78, 5) is 5.01. The molecule has 0 saturated heterocycles. The summed E-state index contributed by atoms with van der Waals surface area (Å²) in [5.74, 6) is 0.372. The second-order valence-corrected chi connectivity index (χ2v) is 11.5. The van der Waals surface area contributed by atoms with Crippen molar-refractivity contribution in [2.75, 3.05) is 0 Å². The van der Waals surface area contributed by atoms with Crippen molar-refractivity contribution in [3.05, 3.63) is 65.9 Å². The van der Waals surface area contributed by atoms with Gasteiger partial charge in [0, 0.05) is 6.20 Å². The van der Waals surface area contributed by atoms with Gasteiger partial charge in [0.25, 0.3) is 5.65 Å². The van der Waals surface area contributed by atoms with Crippen molar-refractivity contribution in [3.8, 4) is 0 Å². The SMILES string of the molecule is Cc1ccnc2c3c(C(C(C)(C)C)C(C)(C)C)cccc3n3c4ccccc4[n+](C)c3c12. The van der Waals surface area contributed by atoms with Crippen LogP contribution >= 0.6 is 0 Å². The lowest BCUT2D eigenvalue weighted by Crippen LogP contribution is -2.31. The largest absolute Gasteiger partial charge is 0.297 e. The predicted molar refractivity (Wildman–Crippen MR) is 135 cm³/mol. The molecular weight excluding hydrogens is 390 g/mol. The Morgan fingerprint density at radius 3 is 2.16 bits per heavy atom. The Hall–Kier alpha value is -2.94. The first kappa shape index (κ1) is 20.9. The normalized spacial score (nSPS) is 13.3. The lowest BCUT2D eigenvalue weighted by molar-refractivity contribution is -0.617. The van der Waals surface area contributed by atoms with Gasteiger partial charge >= 0.3 is 0 Å². The second kappa shape index (κ2) is 6.78. The average molecular weight is 425 g/mol. The van der Waals surface area contributed by atoms with E-state index in [-0.39, 0.29) is 10.8 Å². The number of pyridine rings is 2. The Labute approximate surface area is 190 Å². The molecule has 3 heteroatoms. The third-order valence-corrected chi connectivity index (χ3v) is 6.99. The molecule has 0 bridgehead atoms.